The highest BCUT2D eigenvalue weighted by molar-refractivity contribution is 6.03. The topological polar surface area (TPSA) is 116 Å². The summed E-state index contributed by atoms with van der Waals surface area (Å²) in [6.07, 6.45) is 5.67. The van der Waals surface area contributed by atoms with Gasteiger partial charge in [0.1, 0.15) is 40.6 Å². The van der Waals surface area contributed by atoms with Crippen molar-refractivity contribution < 1.29 is 28.5 Å². The molecular weight excluding hydrogens is 630 g/mol. The first-order valence-electron chi connectivity index (χ1n) is 17.8. The third kappa shape index (κ3) is 4.70. The van der Waals surface area contributed by atoms with Gasteiger partial charge < -0.3 is 29.9 Å². The summed E-state index contributed by atoms with van der Waals surface area (Å²) in [5.41, 5.74) is 0.600. The maximum absolute atomic E-state index is 17.2. The second-order valence-electron chi connectivity index (χ2n) is 15.3. The zero-order valence-electron chi connectivity index (χ0n) is 27.5. The molecule has 3 N–H and O–H groups in total. The normalized spacial score (nSPS) is 29.1. The molecule has 2 aromatic heterocycles. The number of aryl methyl sites for hydroxylation is 1. The fourth-order valence-electron chi connectivity index (χ4n) is 9.46. The molecule has 256 valence electrons. The van der Waals surface area contributed by atoms with Gasteiger partial charge in [-0.05, 0) is 84.9 Å². The van der Waals surface area contributed by atoms with E-state index in [0.29, 0.717) is 65.6 Å². The van der Waals surface area contributed by atoms with Gasteiger partial charge in [0.15, 0.2) is 5.82 Å². The average molecular weight is 671 g/mol. The van der Waals surface area contributed by atoms with E-state index in [2.05, 4.69) is 15.1 Å². The molecule has 0 radical (unpaired) electrons. The molecule has 0 amide bonds. The van der Waals surface area contributed by atoms with E-state index in [1.165, 1.54) is 18.6 Å². The summed E-state index contributed by atoms with van der Waals surface area (Å²) < 4.78 is 45.1. The molecule has 3 saturated heterocycles. The van der Waals surface area contributed by atoms with Crippen molar-refractivity contribution in [1.82, 2.24) is 25.2 Å². The predicted octanol–water partition coefficient (Wildman–Crippen LogP) is 4.56. The van der Waals surface area contributed by atoms with Crippen molar-refractivity contribution in [3.8, 4) is 28.9 Å². The number of benzene rings is 2. The number of phenols is 1. The third-order valence-electron chi connectivity index (χ3n) is 12.3. The van der Waals surface area contributed by atoms with Crippen LogP contribution < -0.4 is 19.7 Å². The molecule has 0 spiro atoms. The first kappa shape index (κ1) is 30.0. The molecule has 10 nitrogen and oxygen atoms in total. The quantitative estimate of drug-likeness (QED) is 0.246. The molecule has 2 aliphatic carbocycles. The molecule has 6 aliphatic rings. The Balaban J connectivity index is 1.09. The molecule has 6 atom stereocenters. The zero-order valence-corrected chi connectivity index (χ0v) is 27.5. The van der Waals surface area contributed by atoms with E-state index in [1.54, 1.807) is 12.1 Å². The lowest BCUT2D eigenvalue weighted by Crippen LogP contribution is -2.60. The summed E-state index contributed by atoms with van der Waals surface area (Å²) in [5, 5.41) is 26.0. The van der Waals surface area contributed by atoms with Gasteiger partial charge in [0.25, 0.3) is 0 Å². The van der Waals surface area contributed by atoms with Crippen LogP contribution in [0.5, 0.6) is 17.6 Å². The summed E-state index contributed by atoms with van der Waals surface area (Å²) >= 11 is 0. The highest BCUT2D eigenvalue weighted by Gasteiger charge is 2.55. The van der Waals surface area contributed by atoms with Crippen LogP contribution in [0.15, 0.2) is 24.3 Å². The molecule has 0 unspecified atom stereocenters. The number of aliphatic hydroxyl groups is 1. The molecule has 6 heterocycles. The molecule has 4 aliphatic heterocycles. The van der Waals surface area contributed by atoms with Gasteiger partial charge in [-0.2, -0.15) is 9.97 Å². The lowest BCUT2D eigenvalue weighted by atomic mass is 9.94. The van der Waals surface area contributed by atoms with E-state index in [9.17, 15) is 10.2 Å². The van der Waals surface area contributed by atoms with Gasteiger partial charge in [-0.15, -0.1) is 0 Å². The van der Waals surface area contributed by atoms with Crippen LogP contribution in [0.3, 0.4) is 0 Å². The molecule has 2 saturated carbocycles. The first-order chi connectivity index (χ1) is 23.8. The Bertz CT molecular complexity index is 2030. The van der Waals surface area contributed by atoms with Crippen LogP contribution in [0, 0.1) is 28.9 Å². The van der Waals surface area contributed by atoms with Crippen LogP contribution in [0.1, 0.15) is 44.6 Å². The Hall–Kier alpha value is -3.87. The second kappa shape index (κ2) is 10.8. The van der Waals surface area contributed by atoms with Crippen molar-refractivity contribution in [1.29, 1.82) is 0 Å². The van der Waals surface area contributed by atoms with Gasteiger partial charge in [0, 0.05) is 48.7 Å². The van der Waals surface area contributed by atoms with Gasteiger partial charge in [0.2, 0.25) is 5.88 Å². The van der Waals surface area contributed by atoms with Crippen molar-refractivity contribution in [2.75, 3.05) is 44.4 Å². The molecule has 5 fully saturated rings. The minimum atomic E-state index is -0.700. The van der Waals surface area contributed by atoms with Gasteiger partial charge in [-0.25, -0.2) is 13.8 Å². The minimum Gasteiger partial charge on any atom is -0.508 e. The number of pyridine rings is 1. The summed E-state index contributed by atoms with van der Waals surface area (Å²) in [4.78, 5) is 19.1. The number of piperazine rings is 1. The van der Waals surface area contributed by atoms with Crippen molar-refractivity contribution in [2.45, 2.75) is 69.6 Å². The van der Waals surface area contributed by atoms with Crippen LogP contribution in [-0.2, 0) is 6.42 Å². The minimum absolute atomic E-state index is 0.0299. The van der Waals surface area contributed by atoms with Crippen molar-refractivity contribution >= 4 is 27.5 Å². The number of aromatic nitrogens is 3. The number of ether oxygens (including phenoxy) is 2. The van der Waals surface area contributed by atoms with E-state index in [4.69, 9.17) is 24.4 Å². The standard InChI is InChI=1S/C37H40F2N6O4/c1-2-22-25(38)5-3-18-9-21(47)11-24(29(18)22)32-31(39)33-30-34(45-13-20-4-6-26(40-20)28(45)15-48-35(30)41-32)43-36(42-33)49-17-37(7-8-37)16-44-12-19-10-23(19)27(44)14-46/h3,5,9,11,19-20,23,26-28,40,46-47H,2,4,6-8,10,12-17H2,1H3/t19-,20-,23-,26+,27+,28+/m1/s1. The van der Waals surface area contributed by atoms with Crippen molar-refractivity contribution in [3.05, 3.63) is 41.5 Å². The fraction of sp³-hybridized carbons (Fsp3) is 0.541. The van der Waals surface area contributed by atoms with Gasteiger partial charge in [-0.1, -0.05) is 13.0 Å². The van der Waals surface area contributed by atoms with Crippen LogP contribution >= 0.6 is 0 Å². The zero-order chi connectivity index (χ0) is 33.2. The van der Waals surface area contributed by atoms with E-state index in [-0.39, 0.29) is 70.6 Å². The summed E-state index contributed by atoms with van der Waals surface area (Å²) in [6, 6.07) is 6.71. The van der Waals surface area contributed by atoms with E-state index in [1.807, 2.05) is 6.92 Å². The molecule has 2 bridgehead atoms. The monoisotopic (exact) mass is 670 g/mol. The number of nitrogens with one attached hydrogen (secondary N) is 1. The molecule has 49 heavy (non-hydrogen) atoms. The molecule has 10 rings (SSSR count). The Morgan fingerprint density at radius 3 is 2.80 bits per heavy atom. The number of rotatable bonds is 8. The Labute approximate surface area is 282 Å². The molecule has 12 heteroatoms. The lowest BCUT2D eigenvalue weighted by Gasteiger charge is -2.40. The highest BCUT2D eigenvalue weighted by Crippen LogP contribution is 2.54. The Kier molecular flexibility index (Phi) is 6.62. The van der Waals surface area contributed by atoms with Gasteiger partial charge >= 0.3 is 6.01 Å². The fourth-order valence-corrected chi connectivity index (χ4v) is 9.46. The largest absolute Gasteiger partial charge is 0.508 e. The first-order valence-corrected chi connectivity index (χ1v) is 17.8. The number of likely N-dealkylation sites (tertiary alicyclic amines) is 1. The summed E-state index contributed by atoms with van der Waals surface area (Å²) in [5.74, 6) is 0.902. The highest BCUT2D eigenvalue weighted by atomic mass is 19.1. The van der Waals surface area contributed by atoms with Crippen molar-refractivity contribution in [3.63, 3.8) is 0 Å². The number of piperidine rings is 1. The maximum atomic E-state index is 17.2. The van der Waals surface area contributed by atoms with Crippen molar-refractivity contribution in [2.24, 2.45) is 17.3 Å². The Morgan fingerprint density at radius 2 is 1.98 bits per heavy atom. The molecular formula is C37H40F2N6O4. The number of hydrogen-bond donors (Lipinski definition) is 3. The number of hydrogen-bond acceptors (Lipinski definition) is 10. The smallest absolute Gasteiger partial charge is 0.319 e. The summed E-state index contributed by atoms with van der Waals surface area (Å²) in [7, 11) is 0. The molecule has 2 aromatic carbocycles. The van der Waals surface area contributed by atoms with E-state index < -0.39 is 11.6 Å². The number of fused-ring (bicyclic) bond motifs is 7. The number of phenolic OH excluding ortho intramolecular Hbond substituents is 1. The van der Waals surface area contributed by atoms with Crippen LogP contribution in [0.2, 0.25) is 0 Å². The van der Waals surface area contributed by atoms with E-state index in [0.717, 1.165) is 38.8 Å². The predicted molar refractivity (Wildman–Crippen MR) is 179 cm³/mol. The third-order valence-corrected chi connectivity index (χ3v) is 12.3. The lowest BCUT2D eigenvalue weighted by molar-refractivity contribution is 0.0966. The van der Waals surface area contributed by atoms with Crippen LogP contribution in [-0.4, -0.2) is 93.7 Å². The number of anilines is 1. The maximum Gasteiger partial charge on any atom is 0.319 e. The van der Waals surface area contributed by atoms with Crippen LogP contribution in [0.25, 0.3) is 32.9 Å². The van der Waals surface area contributed by atoms with Crippen LogP contribution in [0.4, 0.5) is 14.6 Å². The number of halogens is 2. The van der Waals surface area contributed by atoms with Gasteiger partial charge in [-0.3, -0.25) is 4.90 Å². The second-order valence-corrected chi connectivity index (χ2v) is 15.3. The number of aliphatic hydroxyl groups excluding tert-OH is 1. The van der Waals surface area contributed by atoms with Gasteiger partial charge in [0.05, 0.1) is 19.3 Å². The number of nitrogens with zero attached hydrogens (tertiary/aromatic N) is 5. The Morgan fingerprint density at radius 1 is 1.10 bits per heavy atom. The summed E-state index contributed by atoms with van der Waals surface area (Å²) in [6.45, 7) is 5.33. The average Bonchev–Trinajstić information content (AvgIpc) is 3.99. The SMILES string of the molecule is CCc1c(F)ccc2cc(O)cc(-c3nc4c5c(nc(OCC6(CN7C[C@H]8C[C@H]8[C@@H]7CO)CC6)nc5c3F)N3C[C@H]5CC[C@H](N5)[C@@H]3CO4)c12. The number of aromatic hydroxyl groups is 1. The molecule has 4 aromatic rings. The van der Waals surface area contributed by atoms with E-state index >= 15 is 8.78 Å².